The number of hydrogen-bond donors (Lipinski definition) is 1. The predicted octanol–water partition coefficient (Wildman–Crippen LogP) is 1.90. The Labute approximate surface area is 143 Å². The van der Waals surface area contributed by atoms with Crippen LogP contribution >= 0.6 is 0 Å². The zero-order valence-corrected chi connectivity index (χ0v) is 13.8. The second-order valence-corrected chi connectivity index (χ2v) is 5.89. The van der Waals surface area contributed by atoms with Crippen molar-refractivity contribution in [3.05, 3.63) is 23.9 Å². The van der Waals surface area contributed by atoms with Crippen molar-refractivity contribution < 1.29 is 27.5 Å². The number of halogens is 3. The van der Waals surface area contributed by atoms with Crippen LogP contribution in [-0.4, -0.2) is 47.6 Å². The highest BCUT2D eigenvalue weighted by Gasteiger charge is 2.29. The quantitative estimate of drug-likeness (QED) is 0.872. The summed E-state index contributed by atoms with van der Waals surface area (Å²) in [5.74, 6) is -0.799. The third kappa shape index (κ3) is 5.91. The molecule has 1 atom stereocenters. The highest BCUT2D eigenvalue weighted by molar-refractivity contribution is 5.80. The van der Waals surface area contributed by atoms with Crippen LogP contribution in [-0.2, 0) is 16.1 Å². The zero-order valence-electron chi connectivity index (χ0n) is 13.8. The van der Waals surface area contributed by atoms with Crippen LogP contribution in [0.3, 0.4) is 0 Å². The molecule has 2 amide bonds. The topological polar surface area (TPSA) is 71.5 Å². The number of rotatable bonds is 5. The molecule has 0 radical (unpaired) electrons. The molecular weight excluding hydrogens is 339 g/mol. The van der Waals surface area contributed by atoms with E-state index in [0.717, 1.165) is 6.42 Å². The average molecular weight is 359 g/mol. The SMILES string of the molecule is CC(=O)N1CCCC(C(=O)NCc2cccnc2OCC(F)(F)F)C1. The summed E-state index contributed by atoms with van der Waals surface area (Å²) in [5, 5.41) is 2.69. The largest absolute Gasteiger partial charge is 0.468 e. The molecule has 1 aliphatic heterocycles. The fourth-order valence-corrected chi connectivity index (χ4v) is 2.64. The van der Waals surface area contributed by atoms with E-state index in [-0.39, 0.29) is 30.2 Å². The van der Waals surface area contributed by atoms with E-state index in [0.29, 0.717) is 25.1 Å². The van der Waals surface area contributed by atoms with Crippen molar-refractivity contribution >= 4 is 11.8 Å². The van der Waals surface area contributed by atoms with Crippen molar-refractivity contribution in [2.45, 2.75) is 32.5 Å². The maximum atomic E-state index is 12.3. The monoisotopic (exact) mass is 359 g/mol. The molecule has 9 heteroatoms. The summed E-state index contributed by atoms with van der Waals surface area (Å²) in [6.45, 7) is 1.01. The second-order valence-electron chi connectivity index (χ2n) is 5.89. The molecule has 1 aromatic heterocycles. The number of ether oxygens (including phenoxy) is 1. The standard InChI is InChI=1S/C16H20F3N3O3/c1-11(23)22-7-3-5-13(9-22)14(24)21-8-12-4-2-6-20-15(12)25-10-16(17,18)19/h2,4,6,13H,3,5,7-10H2,1H3,(H,21,24). The average Bonchev–Trinajstić information content (AvgIpc) is 2.58. The molecule has 1 aromatic rings. The lowest BCUT2D eigenvalue weighted by atomic mass is 9.97. The number of hydrogen-bond acceptors (Lipinski definition) is 4. The first kappa shape index (κ1) is 19.0. The van der Waals surface area contributed by atoms with Crippen LogP contribution in [0.1, 0.15) is 25.3 Å². The van der Waals surface area contributed by atoms with E-state index in [9.17, 15) is 22.8 Å². The van der Waals surface area contributed by atoms with E-state index in [1.54, 1.807) is 17.0 Å². The van der Waals surface area contributed by atoms with Gasteiger partial charge in [-0.1, -0.05) is 6.07 Å². The van der Waals surface area contributed by atoms with Crippen LogP contribution in [0.25, 0.3) is 0 Å². The Hall–Kier alpha value is -2.32. The number of carbonyl (C=O) groups is 2. The van der Waals surface area contributed by atoms with Crippen molar-refractivity contribution in [1.29, 1.82) is 0 Å². The van der Waals surface area contributed by atoms with Gasteiger partial charge in [-0.15, -0.1) is 0 Å². The van der Waals surface area contributed by atoms with E-state index in [4.69, 9.17) is 0 Å². The summed E-state index contributed by atoms with van der Waals surface area (Å²) in [7, 11) is 0. The molecule has 2 rings (SSSR count). The van der Waals surface area contributed by atoms with E-state index < -0.39 is 12.8 Å². The summed E-state index contributed by atoms with van der Waals surface area (Å²) in [5.41, 5.74) is 0.360. The van der Waals surface area contributed by atoms with Crippen LogP contribution in [0, 0.1) is 5.92 Å². The minimum Gasteiger partial charge on any atom is -0.468 e. The van der Waals surface area contributed by atoms with Gasteiger partial charge in [-0.25, -0.2) is 4.98 Å². The van der Waals surface area contributed by atoms with Gasteiger partial charge < -0.3 is 15.0 Å². The smallest absolute Gasteiger partial charge is 0.422 e. The van der Waals surface area contributed by atoms with Crippen molar-refractivity contribution in [3.63, 3.8) is 0 Å². The van der Waals surface area contributed by atoms with Gasteiger partial charge in [0.15, 0.2) is 6.61 Å². The minimum atomic E-state index is -4.46. The van der Waals surface area contributed by atoms with Gasteiger partial charge in [0.2, 0.25) is 17.7 Å². The van der Waals surface area contributed by atoms with Crippen molar-refractivity contribution in [1.82, 2.24) is 15.2 Å². The van der Waals surface area contributed by atoms with Crippen molar-refractivity contribution in [2.75, 3.05) is 19.7 Å². The van der Waals surface area contributed by atoms with Crippen LogP contribution < -0.4 is 10.1 Å². The van der Waals surface area contributed by atoms with Crippen molar-refractivity contribution in [3.8, 4) is 5.88 Å². The molecule has 25 heavy (non-hydrogen) atoms. The molecule has 1 aliphatic rings. The number of nitrogens with zero attached hydrogens (tertiary/aromatic N) is 2. The van der Waals surface area contributed by atoms with Gasteiger partial charge in [0.1, 0.15) is 0 Å². The summed E-state index contributed by atoms with van der Waals surface area (Å²) < 4.78 is 41.5. The lowest BCUT2D eigenvalue weighted by molar-refractivity contribution is -0.154. The summed E-state index contributed by atoms with van der Waals surface area (Å²) in [6, 6.07) is 3.10. The summed E-state index contributed by atoms with van der Waals surface area (Å²) >= 11 is 0. The molecule has 6 nitrogen and oxygen atoms in total. The highest BCUT2D eigenvalue weighted by Crippen LogP contribution is 2.21. The van der Waals surface area contributed by atoms with Gasteiger partial charge in [-0.2, -0.15) is 13.2 Å². The number of alkyl halides is 3. The number of amides is 2. The number of aromatic nitrogens is 1. The summed E-state index contributed by atoms with van der Waals surface area (Å²) in [6.07, 6.45) is -1.73. The first-order valence-corrected chi connectivity index (χ1v) is 7.93. The molecule has 0 spiro atoms. The lowest BCUT2D eigenvalue weighted by Crippen LogP contribution is -2.44. The maximum Gasteiger partial charge on any atom is 0.422 e. The third-order valence-electron chi connectivity index (χ3n) is 3.91. The third-order valence-corrected chi connectivity index (χ3v) is 3.91. The van der Waals surface area contributed by atoms with Crippen molar-refractivity contribution in [2.24, 2.45) is 5.92 Å². The van der Waals surface area contributed by atoms with Crippen LogP contribution in [0.15, 0.2) is 18.3 Å². The molecule has 0 aliphatic carbocycles. The Morgan fingerprint density at radius 2 is 2.20 bits per heavy atom. The Morgan fingerprint density at radius 1 is 1.44 bits per heavy atom. The number of pyridine rings is 1. The molecule has 138 valence electrons. The number of piperidine rings is 1. The van der Waals surface area contributed by atoms with E-state index in [1.807, 2.05) is 0 Å². The molecular formula is C16H20F3N3O3. The number of carbonyl (C=O) groups excluding carboxylic acids is 2. The molecule has 1 saturated heterocycles. The first-order valence-electron chi connectivity index (χ1n) is 7.93. The van der Waals surface area contributed by atoms with Crippen LogP contribution in [0.2, 0.25) is 0 Å². The van der Waals surface area contributed by atoms with E-state index >= 15 is 0 Å². The first-order chi connectivity index (χ1) is 11.8. The van der Waals surface area contributed by atoms with E-state index in [1.165, 1.54) is 13.1 Å². The minimum absolute atomic E-state index is 0.0104. The number of nitrogens with one attached hydrogen (secondary N) is 1. The fourth-order valence-electron chi connectivity index (χ4n) is 2.64. The Kier molecular flexibility index (Phi) is 6.22. The summed E-state index contributed by atoms with van der Waals surface area (Å²) in [4.78, 5) is 29.1. The van der Waals surface area contributed by atoms with Crippen LogP contribution in [0.4, 0.5) is 13.2 Å². The van der Waals surface area contributed by atoms with Gasteiger partial charge in [-0.3, -0.25) is 9.59 Å². The molecule has 1 unspecified atom stereocenters. The van der Waals surface area contributed by atoms with Gasteiger partial charge in [0, 0.05) is 38.3 Å². The normalized spacial score (nSPS) is 17.9. The zero-order chi connectivity index (χ0) is 18.4. The molecule has 1 fully saturated rings. The number of likely N-dealkylation sites (tertiary alicyclic amines) is 1. The molecule has 2 heterocycles. The van der Waals surface area contributed by atoms with Crippen LogP contribution in [0.5, 0.6) is 5.88 Å². The Balaban J connectivity index is 1.92. The lowest BCUT2D eigenvalue weighted by Gasteiger charge is -2.31. The predicted molar refractivity (Wildman–Crippen MR) is 82.6 cm³/mol. The van der Waals surface area contributed by atoms with Gasteiger partial charge >= 0.3 is 6.18 Å². The van der Waals surface area contributed by atoms with Gasteiger partial charge in [0.05, 0.1) is 5.92 Å². The van der Waals surface area contributed by atoms with Gasteiger partial charge in [0.25, 0.3) is 0 Å². The molecule has 0 saturated carbocycles. The van der Waals surface area contributed by atoms with E-state index in [2.05, 4.69) is 15.0 Å². The second kappa shape index (κ2) is 8.17. The highest BCUT2D eigenvalue weighted by atomic mass is 19.4. The Morgan fingerprint density at radius 3 is 2.88 bits per heavy atom. The van der Waals surface area contributed by atoms with Gasteiger partial charge in [-0.05, 0) is 18.9 Å². The maximum absolute atomic E-state index is 12.3. The molecule has 0 aromatic carbocycles. The molecule has 0 bridgehead atoms. The Bertz CT molecular complexity index is 622. The molecule has 1 N–H and O–H groups in total. The fraction of sp³-hybridized carbons (Fsp3) is 0.562.